The van der Waals surface area contributed by atoms with Crippen molar-refractivity contribution in [3.05, 3.63) is 66.2 Å². The molecule has 0 amide bonds. The average Bonchev–Trinajstić information content (AvgIpc) is 2.60. The number of anilines is 1. The van der Waals surface area contributed by atoms with E-state index in [1.54, 1.807) is 0 Å². The SMILES string of the molecule is c1ccc2c(c1)CNc1cccc3cccc-2c13. The first-order chi connectivity index (χ1) is 8.93. The summed E-state index contributed by atoms with van der Waals surface area (Å²) in [5.41, 5.74) is 5.28. The summed E-state index contributed by atoms with van der Waals surface area (Å²) in [6.07, 6.45) is 0. The zero-order chi connectivity index (χ0) is 11.9. The summed E-state index contributed by atoms with van der Waals surface area (Å²) in [4.78, 5) is 0. The molecule has 1 aliphatic rings. The second-order valence-corrected chi connectivity index (χ2v) is 4.72. The van der Waals surface area contributed by atoms with Gasteiger partial charge < -0.3 is 5.32 Å². The van der Waals surface area contributed by atoms with Gasteiger partial charge >= 0.3 is 0 Å². The minimum Gasteiger partial charge on any atom is -0.380 e. The Bertz CT molecular complexity index is 738. The fourth-order valence-electron chi connectivity index (χ4n) is 2.84. The summed E-state index contributed by atoms with van der Waals surface area (Å²) in [5, 5.41) is 6.18. The van der Waals surface area contributed by atoms with Gasteiger partial charge in [0.2, 0.25) is 0 Å². The molecular weight excluding hydrogens is 218 g/mol. The van der Waals surface area contributed by atoms with E-state index in [1.165, 1.54) is 33.2 Å². The van der Waals surface area contributed by atoms with Gasteiger partial charge in [0.05, 0.1) is 0 Å². The number of benzene rings is 3. The van der Waals surface area contributed by atoms with Crippen LogP contribution in [-0.2, 0) is 6.54 Å². The molecule has 3 aromatic rings. The monoisotopic (exact) mass is 231 g/mol. The molecule has 0 aromatic heterocycles. The van der Waals surface area contributed by atoms with Crippen molar-refractivity contribution < 1.29 is 0 Å². The van der Waals surface area contributed by atoms with Crippen molar-refractivity contribution in [2.24, 2.45) is 0 Å². The third-order valence-corrected chi connectivity index (χ3v) is 3.68. The van der Waals surface area contributed by atoms with Gasteiger partial charge in [0.1, 0.15) is 0 Å². The van der Waals surface area contributed by atoms with E-state index in [0.717, 1.165) is 6.54 Å². The highest BCUT2D eigenvalue weighted by atomic mass is 14.9. The normalized spacial score (nSPS) is 12.7. The smallest absolute Gasteiger partial charge is 0.0428 e. The van der Waals surface area contributed by atoms with Gasteiger partial charge in [-0.05, 0) is 28.1 Å². The maximum atomic E-state index is 3.55. The lowest BCUT2D eigenvalue weighted by molar-refractivity contribution is 1.17. The van der Waals surface area contributed by atoms with Crippen molar-refractivity contribution >= 4 is 16.5 Å². The van der Waals surface area contributed by atoms with E-state index >= 15 is 0 Å². The molecule has 18 heavy (non-hydrogen) atoms. The van der Waals surface area contributed by atoms with Gasteiger partial charge in [-0.15, -0.1) is 0 Å². The quantitative estimate of drug-likeness (QED) is 0.603. The molecule has 0 spiro atoms. The molecule has 1 nitrogen and oxygen atoms in total. The van der Waals surface area contributed by atoms with E-state index in [2.05, 4.69) is 66.0 Å². The Balaban J connectivity index is 2.18. The molecule has 4 rings (SSSR count). The Morgan fingerprint density at radius 2 is 1.50 bits per heavy atom. The highest BCUT2D eigenvalue weighted by Crippen LogP contribution is 2.38. The van der Waals surface area contributed by atoms with Crippen molar-refractivity contribution in [2.75, 3.05) is 5.32 Å². The van der Waals surface area contributed by atoms with E-state index in [4.69, 9.17) is 0 Å². The van der Waals surface area contributed by atoms with Crippen LogP contribution in [0.3, 0.4) is 0 Å². The van der Waals surface area contributed by atoms with Crippen molar-refractivity contribution in [1.29, 1.82) is 0 Å². The minimum absolute atomic E-state index is 0.893. The number of hydrogen-bond donors (Lipinski definition) is 1. The highest BCUT2D eigenvalue weighted by molar-refractivity contribution is 6.06. The molecule has 86 valence electrons. The van der Waals surface area contributed by atoms with Gasteiger partial charge in [0.25, 0.3) is 0 Å². The van der Waals surface area contributed by atoms with E-state index in [0.29, 0.717) is 0 Å². The van der Waals surface area contributed by atoms with Crippen LogP contribution in [0.25, 0.3) is 21.9 Å². The summed E-state index contributed by atoms with van der Waals surface area (Å²) in [5.74, 6) is 0. The second kappa shape index (κ2) is 3.61. The highest BCUT2D eigenvalue weighted by Gasteiger charge is 2.14. The summed E-state index contributed by atoms with van der Waals surface area (Å²) in [7, 11) is 0. The molecule has 0 saturated heterocycles. The molecule has 0 bridgehead atoms. The van der Waals surface area contributed by atoms with Gasteiger partial charge in [-0.25, -0.2) is 0 Å². The summed E-state index contributed by atoms with van der Waals surface area (Å²) >= 11 is 0. The maximum Gasteiger partial charge on any atom is 0.0428 e. The molecule has 0 atom stereocenters. The Labute approximate surface area is 106 Å². The zero-order valence-electron chi connectivity index (χ0n) is 9.98. The van der Waals surface area contributed by atoms with Crippen molar-refractivity contribution in [1.82, 2.24) is 0 Å². The standard InChI is InChI=1S/C17H13N/c1-2-8-14-13(5-1)11-18-16-10-4-7-12-6-3-9-15(14)17(12)16/h1-10,18H,11H2. The lowest BCUT2D eigenvalue weighted by atomic mass is 9.95. The van der Waals surface area contributed by atoms with Gasteiger partial charge in [-0.1, -0.05) is 54.6 Å². The van der Waals surface area contributed by atoms with Crippen LogP contribution < -0.4 is 5.32 Å². The molecule has 1 heteroatoms. The Hall–Kier alpha value is -2.28. The number of hydrogen-bond acceptors (Lipinski definition) is 1. The molecule has 0 fully saturated rings. The first-order valence-corrected chi connectivity index (χ1v) is 6.27. The van der Waals surface area contributed by atoms with Gasteiger partial charge in [0, 0.05) is 17.6 Å². The predicted molar refractivity (Wildman–Crippen MR) is 76.7 cm³/mol. The van der Waals surface area contributed by atoms with E-state index < -0.39 is 0 Å². The van der Waals surface area contributed by atoms with Crippen LogP contribution in [0.2, 0.25) is 0 Å². The fourth-order valence-corrected chi connectivity index (χ4v) is 2.84. The zero-order valence-corrected chi connectivity index (χ0v) is 9.98. The summed E-state index contributed by atoms with van der Waals surface area (Å²) in [6, 6.07) is 21.6. The van der Waals surface area contributed by atoms with Crippen LogP contribution in [-0.4, -0.2) is 0 Å². The lowest BCUT2D eigenvalue weighted by Gasteiger charge is -2.08. The van der Waals surface area contributed by atoms with Gasteiger partial charge in [-0.2, -0.15) is 0 Å². The van der Waals surface area contributed by atoms with Crippen LogP contribution in [0.5, 0.6) is 0 Å². The molecule has 0 saturated carbocycles. The minimum atomic E-state index is 0.893. The molecule has 1 heterocycles. The lowest BCUT2D eigenvalue weighted by Crippen LogP contribution is -1.97. The Morgan fingerprint density at radius 3 is 2.44 bits per heavy atom. The predicted octanol–water partition coefficient (Wildman–Crippen LogP) is 4.43. The largest absolute Gasteiger partial charge is 0.380 e. The average molecular weight is 231 g/mol. The van der Waals surface area contributed by atoms with E-state index in [9.17, 15) is 0 Å². The third kappa shape index (κ3) is 1.28. The molecule has 1 aliphatic heterocycles. The number of fused-ring (bicyclic) bond motifs is 2. The van der Waals surface area contributed by atoms with Crippen molar-refractivity contribution in [3.63, 3.8) is 0 Å². The van der Waals surface area contributed by atoms with Crippen molar-refractivity contribution in [2.45, 2.75) is 6.54 Å². The molecule has 0 radical (unpaired) electrons. The second-order valence-electron chi connectivity index (χ2n) is 4.72. The number of rotatable bonds is 0. The fraction of sp³-hybridized carbons (Fsp3) is 0.0588. The van der Waals surface area contributed by atoms with Crippen LogP contribution in [0, 0.1) is 0 Å². The topological polar surface area (TPSA) is 12.0 Å². The van der Waals surface area contributed by atoms with Crippen molar-refractivity contribution in [3.8, 4) is 11.1 Å². The summed E-state index contributed by atoms with van der Waals surface area (Å²) in [6.45, 7) is 0.893. The Morgan fingerprint density at radius 1 is 0.722 bits per heavy atom. The van der Waals surface area contributed by atoms with E-state index in [-0.39, 0.29) is 0 Å². The molecule has 3 aromatic carbocycles. The Kier molecular flexibility index (Phi) is 1.95. The molecule has 0 aliphatic carbocycles. The first kappa shape index (κ1) is 9.72. The first-order valence-electron chi connectivity index (χ1n) is 6.27. The maximum absolute atomic E-state index is 3.55. The molecular formula is C17H13N. The number of nitrogens with one attached hydrogen (secondary N) is 1. The van der Waals surface area contributed by atoms with Crippen LogP contribution >= 0.6 is 0 Å². The van der Waals surface area contributed by atoms with Crippen LogP contribution in [0.4, 0.5) is 5.69 Å². The summed E-state index contributed by atoms with van der Waals surface area (Å²) < 4.78 is 0. The van der Waals surface area contributed by atoms with Crippen LogP contribution in [0.15, 0.2) is 60.7 Å². The molecule has 1 N–H and O–H groups in total. The van der Waals surface area contributed by atoms with Gasteiger partial charge in [0.15, 0.2) is 0 Å². The van der Waals surface area contributed by atoms with Gasteiger partial charge in [-0.3, -0.25) is 0 Å². The van der Waals surface area contributed by atoms with Crippen LogP contribution in [0.1, 0.15) is 5.56 Å². The molecule has 0 unspecified atom stereocenters. The third-order valence-electron chi connectivity index (χ3n) is 3.68. The van der Waals surface area contributed by atoms with E-state index in [1.807, 2.05) is 0 Å².